The average molecular weight is 300 g/mol. The van der Waals surface area contributed by atoms with Crippen LogP contribution in [0.3, 0.4) is 0 Å². The van der Waals surface area contributed by atoms with E-state index in [1.54, 1.807) is 0 Å². The van der Waals surface area contributed by atoms with Crippen LogP contribution in [0.5, 0.6) is 0 Å². The minimum Gasteiger partial charge on any atom is -0.480 e. The van der Waals surface area contributed by atoms with Crippen LogP contribution in [0.15, 0.2) is 0 Å². The Hall–Kier alpha value is -2.32. The molecule has 0 aromatic carbocycles. The van der Waals surface area contributed by atoms with E-state index in [2.05, 4.69) is 5.32 Å². The maximum atomic E-state index is 11.9. The topological polar surface area (TPSA) is 156 Å². The lowest BCUT2D eigenvalue weighted by atomic mass is 9.93. The van der Waals surface area contributed by atoms with Gasteiger partial charge in [0.05, 0.1) is 6.42 Å². The molecule has 21 heavy (non-hydrogen) atoms. The second-order valence-corrected chi connectivity index (χ2v) is 5.11. The molecule has 0 bridgehead atoms. The van der Waals surface area contributed by atoms with E-state index in [9.17, 15) is 19.2 Å². The van der Waals surface area contributed by atoms with Crippen molar-refractivity contribution in [1.29, 1.82) is 0 Å². The fourth-order valence-electron chi connectivity index (χ4n) is 2.27. The Morgan fingerprint density at radius 2 is 1.71 bits per heavy atom. The summed E-state index contributed by atoms with van der Waals surface area (Å²) in [5.74, 6) is -2.34. The van der Waals surface area contributed by atoms with Crippen molar-refractivity contribution in [2.75, 3.05) is 13.1 Å². The number of primary amides is 2. The number of nitrogens with one attached hydrogen (secondary N) is 1. The number of aliphatic carboxylic acids is 1. The van der Waals surface area contributed by atoms with Gasteiger partial charge in [-0.1, -0.05) is 0 Å². The largest absolute Gasteiger partial charge is 0.480 e. The lowest BCUT2D eigenvalue weighted by Gasteiger charge is -2.32. The first kappa shape index (κ1) is 16.7. The van der Waals surface area contributed by atoms with Gasteiger partial charge < -0.3 is 26.8 Å². The number of nitrogens with zero attached hydrogens (tertiary/aromatic N) is 1. The van der Waals surface area contributed by atoms with Gasteiger partial charge in [-0.3, -0.25) is 9.59 Å². The number of urea groups is 1. The Bertz CT molecular complexity index is 431. The smallest absolute Gasteiger partial charge is 0.326 e. The highest BCUT2D eigenvalue weighted by atomic mass is 16.4. The van der Waals surface area contributed by atoms with Crippen molar-refractivity contribution >= 4 is 23.8 Å². The quantitative estimate of drug-likeness (QED) is 0.475. The van der Waals surface area contributed by atoms with Crippen LogP contribution < -0.4 is 16.8 Å². The van der Waals surface area contributed by atoms with Crippen LogP contribution in [0.4, 0.5) is 4.79 Å². The van der Waals surface area contributed by atoms with Crippen LogP contribution >= 0.6 is 0 Å². The lowest BCUT2D eigenvalue weighted by Crippen LogP contribution is -2.51. The van der Waals surface area contributed by atoms with Crippen LogP contribution in [0.1, 0.15) is 25.7 Å². The highest BCUT2D eigenvalue weighted by Gasteiger charge is 2.28. The SMILES string of the molecule is NC(=O)CC1CCN(C(=O)NC(CC(N)=O)C(=O)O)CC1. The van der Waals surface area contributed by atoms with Gasteiger partial charge in [-0.15, -0.1) is 0 Å². The van der Waals surface area contributed by atoms with Gasteiger partial charge in [-0.2, -0.15) is 0 Å². The summed E-state index contributed by atoms with van der Waals surface area (Å²) >= 11 is 0. The number of hydrogen-bond donors (Lipinski definition) is 4. The molecule has 0 saturated carbocycles. The van der Waals surface area contributed by atoms with Crippen molar-refractivity contribution in [3.63, 3.8) is 0 Å². The van der Waals surface area contributed by atoms with Crippen LogP contribution in [-0.2, 0) is 14.4 Å². The number of carbonyl (C=O) groups excluding carboxylic acids is 3. The van der Waals surface area contributed by atoms with Gasteiger partial charge in [0.25, 0.3) is 0 Å². The molecule has 1 aliphatic rings. The summed E-state index contributed by atoms with van der Waals surface area (Å²) in [6.07, 6.45) is 1.09. The number of carboxylic acid groups (broad SMARTS) is 1. The number of amides is 4. The number of carbonyl (C=O) groups is 4. The fourth-order valence-corrected chi connectivity index (χ4v) is 2.27. The number of piperidine rings is 1. The average Bonchev–Trinajstić information content (AvgIpc) is 2.37. The van der Waals surface area contributed by atoms with Crippen molar-refractivity contribution in [1.82, 2.24) is 10.2 Å². The first-order valence-electron chi connectivity index (χ1n) is 6.64. The molecule has 0 spiro atoms. The molecule has 1 unspecified atom stereocenters. The number of likely N-dealkylation sites (tertiary alicyclic amines) is 1. The molecule has 9 heteroatoms. The number of carboxylic acids is 1. The zero-order valence-electron chi connectivity index (χ0n) is 11.6. The molecule has 6 N–H and O–H groups in total. The van der Waals surface area contributed by atoms with E-state index in [1.807, 2.05) is 0 Å². The zero-order chi connectivity index (χ0) is 16.0. The number of hydrogen-bond acceptors (Lipinski definition) is 4. The molecule has 118 valence electrons. The summed E-state index contributed by atoms with van der Waals surface area (Å²) in [4.78, 5) is 45.9. The minimum absolute atomic E-state index is 0.146. The first-order valence-corrected chi connectivity index (χ1v) is 6.64. The molecule has 1 saturated heterocycles. The Labute approximate surface area is 121 Å². The second-order valence-electron chi connectivity index (χ2n) is 5.11. The predicted octanol–water partition coefficient (Wildman–Crippen LogP) is -1.39. The Kier molecular flexibility index (Phi) is 5.94. The van der Waals surface area contributed by atoms with E-state index in [-0.39, 0.29) is 18.2 Å². The van der Waals surface area contributed by atoms with Gasteiger partial charge >= 0.3 is 12.0 Å². The summed E-state index contributed by atoms with van der Waals surface area (Å²) in [5.41, 5.74) is 10.1. The van der Waals surface area contributed by atoms with Gasteiger partial charge in [0.15, 0.2) is 0 Å². The van der Waals surface area contributed by atoms with Crippen LogP contribution in [0.25, 0.3) is 0 Å². The fraction of sp³-hybridized carbons (Fsp3) is 0.667. The van der Waals surface area contributed by atoms with Gasteiger partial charge in [0.2, 0.25) is 11.8 Å². The van der Waals surface area contributed by atoms with Crippen LogP contribution in [0, 0.1) is 5.92 Å². The van der Waals surface area contributed by atoms with E-state index >= 15 is 0 Å². The van der Waals surface area contributed by atoms with Crippen molar-refractivity contribution in [2.24, 2.45) is 17.4 Å². The number of nitrogens with two attached hydrogens (primary N) is 2. The maximum Gasteiger partial charge on any atom is 0.326 e. The molecule has 1 atom stereocenters. The Morgan fingerprint density at radius 1 is 1.14 bits per heavy atom. The summed E-state index contributed by atoms with van der Waals surface area (Å²) in [6, 6.07) is -1.89. The first-order chi connectivity index (χ1) is 9.79. The third-order valence-corrected chi connectivity index (χ3v) is 3.39. The maximum absolute atomic E-state index is 11.9. The van der Waals surface area contributed by atoms with Crippen molar-refractivity contribution < 1.29 is 24.3 Å². The minimum atomic E-state index is -1.33. The molecule has 0 aliphatic carbocycles. The highest BCUT2D eigenvalue weighted by Crippen LogP contribution is 2.20. The van der Waals surface area contributed by atoms with Gasteiger partial charge in [0, 0.05) is 19.5 Å². The van der Waals surface area contributed by atoms with E-state index in [1.165, 1.54) is 4.90 Å². The summed E-state index contributed by atoms with van der Waals surface area (Å²) in [5, 5.41) is 11.2. The van der Waals surface area contributed by atoms with E-state index in [0.717, 1.165) is 0 Å². The van der Waals surface area contributed by atoms with E-state index in [4.69, 9.17) is 16.6 Å². The van der Waals surface area contributed by atoms with Crippen LogP contribution in [0.2, 0.25) is 0 Å². The molecule has 9 nitrogen and oxygen atoms in total. The molecule has 0 aromatic rings. The van der Waals surface area contributed by atoms with Crippen molar-refractivity contribution in [2.45, 2.75) is 31.7 Å². The monoisotopic (exact) mass is 300 g/mol. The Balaban J connectivity index is 2.47. The van der Waals surface area contributed by atoms with E-state index < -0.39 is 30.4 Å². The molecule has 0 aromatic heterocycles. The molecule has 1 heterocycles. The molecular formula is C12H20N4O5. The molecule has 1 fully saturated rings. The van der Waals surface area contributed by atoms with E-state index in [0.29, 0.717) is 25.9 Å². The Morgan fingerprint density at radius 3 is 2.14 bits per heavy atom. The lowest BCUT2D eigenvalue weighted by molar-refractivity contribution is -0.141. The van der Waals surface area contributed by atoms with Crippen molar-refractivity contribution in [3.05, 3.63) is 0 Å². The van der Waals surface area contributed by atoms with Gasteiger partial charge in [0.1, 0.15) is 6.04 Å². The molecule has 0 radical (unpaired) electrons. The molecule has 1 rings (SSSR count). The second kappa shape index (κ2) is 7.46. The number of rotatable bonds is 6. The zero-order valence-corrected chi connectivity index (χ0v) is 11.6. The summed E-state index contributed by atoms with van der Waals surface area (Å²) in [6.45, 7) is 0.819. The third kappa shape index (κ3) is 5.67. The summed E-state index contributed by atoms with van der Waals surface area (Å²) < 4.78 is 0. The normalized spacial score (nSPS) is 17.0. The molecule has 1 aliphatic heterocycles. The highest BCUT2D eigenvalue weighted by molar-refractivity contribution is 5.87. The predicted molar refractivity (Wildman–Crippen MR) is 71.9 cm³/mol. The molecule has 4 amide bonds. The van der Waals surface area contributed by atoms with Crippen molar-refractivity contribution in [3.8, 4) is 0 Å². The van der Waals surface area contributed by atoms with Gasteiger partial charge in [-0.25, -0.2) is 9.59 Å². The van der Waals surface area contributed by atoms with Gasteiger partial charge in [-0.05, 0) is 18.8 Å². The molecular weight excluding hydrogens is 280 g/mol. The van der Waals surface area contributed by atoms with Crippen LogP contribution in [-0.4, -0.2) is 53.0 Å². The third-order valence-electron chi connectivity index (χ3n) is 3.39. The summed E-state index contributed by atoms with van der Waals surface area (Å²) in [7, 11) is 0. The standard InChI is InChI=1S/C12H20N4O5/c13-9(17)5-7-1-3-16(4-2-7)12(21)15-8(11(19)20)6-10(14)18/h7-8H,1-6H2,(H2,13,17)(H2,14,18)(H,15,21)(H,19,20).